The summed E-state index contributed by atoms with van der Waals surface area (Å²) in [5.41, 5.74) is 2.28. The number of anilines is 1. The number of hydrogen-bond donors (Lipinski definition) is 1. The lowest BCUT2D eigenvalue weighted by Gasteiger charge is -2.35. The number of aromatic nitrogens is 1. The van der Waals surface area contributed by atoms with Crippen molar-refractivity contribution in [2.24, 2.45) is 0 Å². The van der Waals surface area contributed by atoms with Gasteiger partial charge in [0.2, 0.25) is 0 Å². The molecule has 0 unspecified atom stereocenters. The summed E-state index contributed by atoms with van der Waals surface area (Å²) in [4.78, 5) is 33.6. The van der Waals surface area contributed by atoms with Crippen molar-refractivity contribution in [1.29, 1.82) is 0 Å². The Bertz CT molecular complexity index is 1150. The molecule has 4 rings (SSSR count). The largest absolute Gasteiger partial charge is 0.353 e. The van der Waals surface area contributed by atoms with Gasteiger partial charge in [0.1, 0.15) is 5.82 Å². The number of rotatable bonds is 8. The van der Waals surface area contributed by atoms with Crippen LogP contribution in [0.25, 0.3) is 0 Å². The molecule has 1 aliphatic heterocycles. The zero-order valence-electron chi connectivity index (χ0n) is 19.4. The smallest absolute Gasteiger partial charge is 0.255 e. The number of carbonyl (C=O) groups excluding carboxylic acids is 2. The first-order valence-electron chi connectivity index (χ1n) is 11.8. The Hall–Kier alpha value is -3.09. The highest BCUT2D eigenvalue weighted by molar-refractivity contribution is 6.35. The maximum Gasteiger partial charge on any atom is 0.255 e. The van der Waals surface area contributed by atoms with Crippen LogP contribution >= 0.6 is 23.2 Å². The minimum absolute atomic E-state index is 0.113. The molecule has 1 fully saturated rings. The molecule has 0 bridgehead atoms. The lowest BCUT2D eigenvalue weighted by molar-refractivity contribution is 0.0746. The van der Waals surface area contributed by atoms with Gasteiger partial charge in [-0.3, -0.25) is 9.59 Å². The number of aryl methyl sites for hydroxylation is 1. The number of nitrogens with zero attached hydrogens (tertiary/aromatic N) is 3. The Labute approximate surface area is 215 Å². The molecule has 0 aliphatic carbocycles. The van der Waals surface area contributed by atoms with Gasteiger partial charge in [-0.2, -0.15) is 0 Å². The number of pyridine rings is 1. The second kappa shape index (κ2) is 12.0. The molecule has 3 aromatic rings. The summed E-state index contributed by atoms with van der Waals surface area (Å²) in [5.74, 6) is 0.552. The summed E-state index contributed by atoms with van der Waals surface area (Å²) in [7, 11) is 0. The Balaban J connectivity index is 1.22. The van der Waals surface area contributed by atoms with Crippen molar-refractivity contribution in [2.45, 2.75) is 19.3 Å². The van der Waals surface area contributed by atoms with E-state index in [1.807, 2.05) is 24.3 Å². The van der Waals surface area contributed by atoms with Gasteiger partial charge in [-0.1, -0.05) is 53.5 Å². The van der Waals surface area contributed by atoms with Crippen molar-refractivity contribution in [2.75, 3.05) is 37.6 Å². The Morgan fingerprint density at radius 1 is 0.914 bits per heavy atom. The summed E-state index contributed by atoms with van der Waals surface area (Å²) in [5, 5.41) is 3.85. The first-order chi connectivity index (χ1) is 17.0. The highest BCUT2D eigenvalue weighted by Crippen LogP contribution is 2.23. The van der Waals surface area contributed by atoms with E-state index in [9.17, 15) is 9.59 Å². The minimum atomic E-state index is -0.124. The van der Waals surface area contributed by atoms with Gasteiger partial charge in [0.25, 0.3) is 11.8 Å². The second-order valence-corrected chi connectivity index (χ2v) is 9.35. The minimum Gasteiger partial charge on any atom is -0.353 e. The van der Waals surface area contributed by atoms with Crippen molar-refractivity contribution in [1.82, 2.24) is 15.2 Å². The maximum atomic E-state index is 12.8. The average molecular weight is 511 g/mol. The van der Waals surface area contributed by atoms with Crippen molar-refractivity contribution in [3.05, 3.63) is 93.6 Å². The fraction of sp³-hybridized carbons (Fsp3) is 0.296. The summed E-state index contributed by atoms with van der Waals surface area (Å²) >= 11 is 12.2. The molecular weight excluding hydrogens is 483 g/mol. The summed E-state index contributed by atoms with van der Waals surface area (Å²) in [6.45, 7) is 3.02. The van der Waals surface area contributed by atoms with Crippen LogP contribution < -0.4 is 10.2 Å². The van der Waals surface area contributed by atoms with Gasteiger partial charge in [-0.05, 0) is 55.2 Å². The molecule has 2 heterocycles. The van der Waals surface area contributed by atoms with E-state index in [1.165, 1.54) is 5.56 Å². The molecule has 0 atom stereocenters. The van der Waals surface area contributed by atoms with Crippen LogP contribution in [-0.2, 0) is 6.42 Å². The quantitative estimate of drug-likeness (QED) is 0.428. The topological polar surface area (TPSA) is 65.5 Å². The van der Waals surface area contributed by atoms with Crippen molar-refractivity contribution in [3.63, 3.8) is 0 Å². The van der Waals surface area contributed by atoms with Gasteiger partial charge in [-0.25, -0.2) is 4.98 Å². The Morgan fingerprint density at radius 2 is 1.69 bits per heavy atom. The Kier molecular flexibility index (Phi) is 8.61. The number of halogens is 2. The van der Waals surface area contributed by atoms with Gasteiger partial charge in [-0.15, -0.1) is 0 Å². The lowest BCUT2D eigenvalue weighted by atomic mass is 10.1. The van der Waals surface area contributed by atoms with E-state index in [-0.39, 0.29) is 11.8 Å². The van der Waals surface area contributed by atoms with Crippen LogP contribution in [0.5, 0.6) is 0 Å². The molecule has 0 spiro atoms. The lowest BCUT2D eigenvalue weighted by Crippen LogP contribution is -2.49. The van der Waals surface area contributed by atoms with Crippen LogP contribution in [0.15, 0.2) is 66.9 Å². The highest BCUT2D eigenvalue weighted by Gasteiger charge is 2.24. The summed E-state index contributed by atoms with van der Waals surface area (Å²) in [6.07, 6.45) is 4.57. The van der Waals surface area contributed by atoms with Crippen molar-refractivity contribution >= 4 is 40.8 Å². The number of nitrogens with one attached hydrogen (secondary N) is 1. The second-order valence-electron chi connectivity index (χ2n) is 8.51. The number of benzene rings is 2. The molecule has 2 amide bonds. The van der Waals surface area contributed by atoms with Gasteiger partial charge in [0.15, 0.2) is 0 Å². The predicted molar refractivity (Wildman–Crippen MR) is 141 cm³/mol. The molecule has 1 N–H and O–H groups in total. The van der Waals surface area contributed by atoms with Crippen LogP contribution in [0.4, 0.5) is 5.82 Å². The zero-order chi connectivity index (χ0) is 24.6. The van der Waals surface area contributed by atoms with E-state index >= 15 is 0 Å². The standard InChI is InChI=1S/C27H28Cl2N4O2/c28-22-10-11-24(29)23(18-22)27(35)33-16-14-32(15-17-33)25-12-9-21(19-31-25)26(34)30-13-5-4-8-20-6-2-1-3-7-20/h1-3,6-7,9-12,18-19H,4-5,8,13-17H2,(H,30,34). The SMILES string of the molecule is O=C(NCCCCc1ccccc1)c1ccc(N2CCN(C(=O)c3cc(Cl)ccc3Cl)CC2)nc1. The first-order valence-corrected chi connectivity index (χ1v) is 12.5. The van der Waals surface area contributed by atoms with Crippen LogP contribution in [0.2, 0.25) is 10.0 Å². The van der Waals surface area contributed by atoms with E-state index in [0.29, 0.717) is 53.9 Å². The molecule has 8 heteroatoms. The van der Waals surface area contributed by atoms with E-state index in [2.05, 4.69) is 27.3 Å². The predicted octanol–water partition coefficient (Wildman–Crippen LogP) is 5.10. The van der Waals surface area contributed by atoms with Crippen molar-refractivity contribution in [3.8, 4) is 0 Å². The third-order valence-electron chi connectivity index (χ3n) is 6.08. The van der Waals surface area contributed by atoms with Crippen LogP contribution in [0.3, 0.4) is 0 Å². The molecule has 35 heavy (non-hydrogen) atoms. The van der Waals surface area contributed by atoms with E-state index in [0.717, 1.165) is 25.1 Å². The number of piperazine rings is 1. The van der Waals surface area contributed by atoms with Crippen LogP contribution in [0.1, 0.15) is 39.1 Å². The maximum absolute atomic E-state index is 12.8. The summed E-state index contributed by atoms with van der Waals surface area (Å²) < 4.78 is 0. The van der Waals surface area contributed by atoms with Gasteiger partial charge in [0.05, 0.1) is 16.1 Å². The molecule has 1 aliphatic rings. The molecule has 0 saturated carbocycles. The average Bonchev–Trinajstić information content (AvgIpc) is 2.90. The third kappa shape index (κ3) is 6.74. The third-order valence-corrected chi connectivity index (χ3v) is 6.65. The normalized spacial score (nSPS) is 13.5. The molecule has 182 valence electrons. The number of amides is 2. The highest BCUT2D eigenvalue weighted by atomic mass is 35.5. The van der Waals surface area contributed by atoms with Gasteiger partial charge < -0.3 is 15.1 Å². The van der Waals surface area contributed by atoms with Crippen molar-refractivity contribution < 1.29 is 9.59 Å². The fourth-order valence-corrected chi connectivity index (χ4v) is 4.45. The van der Waals surface area contributed by atoms with Crippen LogP contribution in [-0.4, -0.2) is 54.4 Å². The summed E-state index contributed by atoms with van der Waals surface area (Å²) in [6, 6.07) is 18.9. The monoisotopic (exact) mass is 510 g/mol. The number of unbranched alkanes of at least 4 members (excludes halogenated alkanes) is 1. The van der Waals surface area contributed by atoms with E-state index in [4.69, 9.17) is 23.2 Å². The first kappa shape index (κ1) is 25.0. The zero-order valence-corrected chi connectivity index (χ0v) is 20.9. The number of carbonyl (C=O) groups is 2. The van der Waals surface area contributed by atoms with E-state index < -0.39 is 0 Å². The Morgan fingerprint density at radius 3 is 2.40 bits per heavy atom. The number of hydrogen-bond acceptors (Lipinski definition) is 4. The molecule has 1 aromatic heterocycles. The molecule has 0 radical (unpaired) electrons. The molecule has 1 saturated heterocycles. The fourth-order valence-electron chi connectivity index (χ4n) is 4.08. The van der Waals surface area contributed by atoms with Gasteiger partial charge >= 0.3 is 0 Å². The molecular formula is C27H28Cl2N4O2. The molecule has 2 aromatic carbocycles. The van der Waals surface area contributed by atoms with E-state index in [1.54, 1.807) is 35.4 Å². The van der Waals surface area contributed by atoms with Gasteiger partial charge in [0, 0.05) is 43.9 Å². The molecule has 6 nitrogen and oxygen atoms in total. The van der Waals surface area contributed by atoms with Crippen LogP contribution in [0, 0.1) is 0 Å².